The van der Waals surface area contributed by atoms with Crippen molar-refractivity contribution in [3.63, 3.8) is 0 Å². The van der Waals surface area contributed by atoms with Crippen molar-refractivity contribution in [2.24, 2.45) is 0 Å². The number of benzene rings is 1. The van der Waals surface area contributed by atoms with Gasteiger partial charge < -0.3 is 20.1 Å². The zero-order chi connectivity index (χ0) is 18.4. The van der Waals surface area contributed by atoms with Gasteiger partial charge in [-0.3, -0.25) is 0 Å². The second-order valence-electron chi connectivity index (χ2n) is 7.66. The fraction of sp³-hybridized carbons (Fsp3) is 0.650. The van der Waals surface area contributed by atoms with Crippen molar-refractivity contribution in [1.82, 2.24) is 10.6 Å². The molecule has 5 heteroatoms. The van der Waals surface area contributed by atoms with Crippen molar-refractivity contribution in [3.05, 3.63) is 29.8 Å². The summed E-state index contributed by atoms with van der Waals surface area (Å²) in [6.45, 7) is 7.80. The lowest BCUT2D eigenvalue weighted by Gasteiger charge is -2.29. The molecule has 0 saturated heterocycles. The van der Waals surface area contributed by atoms with Gasteiger partial charge in [0.05, 0.1) is 7.11 Å². The summed E-state index contributed by atoms with van der Waals surface area (Å²) >= 11 is 0. The molecule has 1 aromatic carbocycles. The quantitative estimate of drug-likeness (QED) is 0.809. The van der Waals surface area contributed by atoms with Gasteiger partial charge in [-0.15, -0.1) is 0 Å². The molecule has 25 heavy (non-hydrogen) atoms. The van der Waals surface area contributed by atoms with Gasteiger partial charge in [-0.1, -0.05) is 25.1 Å². The fourth-order valence-electron chi connectivity index (χ4n) is 3.43. The smallest absolute Gasteiger partial charge is 0.407 e. The van der Waals surface area contributed by atoms with Crippen LogP contribution >= 0.6 is 0 Å². The first-order valence-electron chi connectivity index (χ1n) is 9.22. The predicted molar refractivity (Wildman–Crippen MR) is 100.0 cm³/mol. The first kappa shape index (κ1) is 19.6. The molecular weight excluding hydrogens is 316 g/mol. The lowest BCUT2D eigenvalue weighted by molar-refractivity contribution is 0.0496. The predicted octanol–water partition coefficient (Wildman–Crippen LogP) is 4.18. The Labute approximate surface area is 151 Å². The van der Waals surface area contributed by atoms with E-state index in [-0.39, 0.29) is 24.2 Å². The van der Waals surface area contributed by atoms with Crippen LogP contribution in [0.3, 0.4) is 0 Å². The second-order valence-corrected chi connectivity index (χ2v) is 7.66. The number of para-hydroxylation sites is 1. The molecule has 0 aromatic heterocycles. The average Bonchev–Trinajstić information content (AvgIpc) is 2.97. The van der Waals surface area contributed by atoms with Crippen LogP contribution in [0.4, 0.5) is 4.79 Å². The lowest BCUT2D eigenvalue weighted by atomic mass is 10.0. The maximum Gasteiger partial charge on any atom is 0.407 e. The van der Waals surface area contributed by atoms with E-state index in [0.29, 0.717) is 0 Å². The molecule has 0 bridgehead atoms. The molecule has 140 valence electrons. The van der Waals surface area contributed by atoms with Gasteiger partial charge in [0.15, 0.2) is 0 Å². The summed E-state index contributed by atoms with van der Waals surface area (Å²) in [4.78, 5) is 12.1. The fourth-order valence-corrected chi connectivity index (χ4v) is 3.43. The molecule has 1 aliphatic carbocycles. The summed E-state index contributed by atoms with van der Waals surface area (Å²) in [5, 5.41) is 6.76. The Morgan fingerprint density at radius 3 is 2.56 bits per heavy atom. The highest BCUT2D eigenvalue weighted by molar-refractivity contribution is 5.68. The van der Waals surface area contributed by atoms with Gasteiger partial charge >= 0.3 is 6.09 Å². The van der Waals surface area contributed by atoms with E-state index in [2.05, 4.69) is 23.6 Å². The highest BCUT2D eigenvalue weighted by Crippen LogP contribution is 2.30. The molecule has 0 spiro atoms. The highest BCUT2D eigenvalue weighted by Gasteiger charge is 2.32. The number of hydrogen-bond acceptors (Lipinski definition) is 4. The van der Waals surface area contributed by atoms with E-state index in [1.807, 2.05) is 39.0 Å². The van der Waals surface area contributed by atoms with E-state index in [4.69, 9.17) is 9.47 Å². The molecule has 3 atom stereocenters. The SMILES string of the molecule is CCC(NC1CCCC1NC(=O)OC(C)(C)C)c1ccccc1OC. The molecule has 3 unspecified atom stereocenters. The molecule has 1 fully saturated rings. The van der Waals surface area contributed by atoms with Crippen LogP contribution in [-0.2, 0) is 4.74 Å². The van der Waals surface area contributed by atoms with Gasteiger partial charge in [-0.25, -0.2) is 4.79 Å². The van der Waals surface area contributed by atoms with Gasteiger partial charge in [0, 0.05) is 23.7 Å². The van der Waals surface area contributed by atoms with Crippen LogP contribution in [-0.4, -0.2) is 30.9 Å². The van der Waals surface area contributed by atoms with Crippen molar-refractivity contribution in [2.75, 3.05) is 7.11 Å². The summed E-state index contributed by atoms with van der Waals surface area (Å²) in [6, 6.07) is 8.64. The summed E-state index contributed by atoms with van der Waals surface area (Å²) in [5.74, 6) is 0.900. The van der Waals surface area contributed by atoms with Crippen LogP contribution in [0.15, 0.2) is 24.3 Å². The first-order valence-corrected chi connectivity index (χ1v) is 9.22. The zero-order valence-electron chi connectivity index (χ0n) is 16.1. The van der Waals surface area contributed by atoms with Gasteiger partial charge in [0.25, 0.3) is 0 Å². The number of rotatable bonds is 6. The summed E-state index contributed by atoms with van der Waals surface area (Å²) in [5.41, 5.74) is 0.685. The number of methoxy groups -OCH3 is 1. The summed E-state index contributed by atoms with van der Waals surface area (Å²) in [6.07, 6.45) is 3.73. The maximum atomic E-state index is 12.1. The molecule has 1 saturated carbocycles. The molecule has 1 amide bonds. The number of ether oxygens (including phenoxy) is 2. The van der Waals surface area contributed by atoms with E-state index < -0.39 is 5.60 Å². The van der Waals surface area contributed by atoms with Crippen molar-refractivity contribution in [2.45, 2.75) is 77.1 Å². The Kier molecular flexibility index (Phi) is 6.71. The van der Waals surface area contributed by atoms with Crippen molar-refractivity contribution >= 4 is 6.09 Å². The number of amides is 1. The standard InChI is InChI=1S/C20H32N2O3/c1-6-15(14-10-7-8-13-18(14)24-5)21-16-11-9-12-17(16)22-19(23)25-20(2,3)4/h7-8,10,13,15-17,21H,6,9,11-12H2,1-5H3,(H,22,23). The van der Waals surface area contributed by atoms with E-state index >= 15 is 0 Å². The Morgan fingerprint density at radius 2 is 1.92 bits per heavy atom. The summed E-state index contributed by atoms with van der Waals surface area (Å²) < 4.78 is 10.9. The molecule has 2 N–H and O–H groups in total. The van der Waals surface area contributed by atoms with Crippen LogP contribution in [0.1, 0.15) is 65.0 Å². The third-order valence-corrected chi connectivity index (χ3v) is 4.56. The minimum absolute atomic E-state index is 0.0959. The molecule has 0 heterocycles. The van der Waals surface area contributed by atoms with Gasteiger partial charge in [0.2, 0.25) is 0 Å². The van der Waals surface area contributed by atoms with Gasteiger partial charge in [0.1, 0.15) is 11.4 Å². The van der Waals surface area contributed by atoms with Crippen molar-refractivity contribution < 1.29 is 14.3 Å². The topological polar surface area (TPSA) is 59.6 Å². The number of alkyl carbamates (subject to hydrolysis) is 1. The normalized spacial score (nSPS) is 21.6. The number of carbonyl (C=O) groups excluding carboxylic acids is 1. The Morgan fingerprint density at radius 1 is 1.24 bits per heavy atom. The van der Waals surface area contributed by atoms with Gasteiger partial charge in [-0.2, -0.15) is 0 Å². The van der Waals surface area contributed by atoms with Crippen LogP contribution in [0.25, 0.3) is 0 Å². The minimum atomic E-state index is -0.477. The Bertz CT molecular complexity index is 568. The number of hydrogen-bond donors (Lipinski definition) is 2. The summed E-state index contributed by atoms with van der Waals surface area (Å²) in [7, 11) is 1.70. The monoisotopic (exact) mass is 348 g/mol. The van der Waals surface area contributed by atoms with Crippen molar-refractivity contribution in [3.8, 4) is 5.75 Å². The minimum Gasteiger partial charge on any atom is -0.496 e. The van der Waals surface area contributed by atoms with E-state index in [9.17, 15) is 4.79 Å². The van der Waals surface area contributed by atoms with Crippen LogP contribution in [0, 0.1) is 0 Å². The molecular formula is C20H32N2O3. The molecule has 0 radical (unpaired) electrons. The molecule has 2 rings (SSSR count). The Balaban J connectivity index is 2.02. The highest BCUT2D eigenvalue weighted by atomic mass is 16.6. The Hall–Kier alpha value is -1.75. The van der Waals surface area contributed by atoms with Gasteiger partial charge in [-0.05, 0) is 52.5 Å². The largest absolute Gasteiger partial charge is 0.496 e. The third-order valence-electron chi connectivity index (χ3n) is 4.56. The molecule has 5 nitrogen and oxygen atoms in total. The third kappa shape index (κ3) is 5.63. The number of nitrogens with one attached hydrogen (secondary N) is 2. The first-order chi connectivity index (χ1) is 11.8. The lowest BCUT2D eigenvalue weighted by Crippen LogP contribution is -2.48. The molecule has 0 aliphatic heterocycles. The van der Waals surface area contributed by atoms with Crippen LogP contribution < -0.4 is 15.4 Å². The molecule has 1 aliphatic rings. The number of carbonyl (C=O) groups is 1. The van der Waals surface area contributed by atoms with E-state index in [1.54, 1.807) is 7.11 Å². The van der Waals surface area contributed by atoms with Crippen LogP contribution in [0.2, 0.25) is 0 Å². The zero-order valence-corrected chi connectivity index (χ0v) is 16.1. The van der Waals surface area contributed by atoms with E-state index in [1.165, 1.54) is 0 Å². The second kappa shape index (κ2) is 8.56. The maximum absolute atomic E-state index is 12.1. The van der Waals surface area contributed by atoms with Crippen LogP contribution in [0.5, 0.6) is 5.75 Å². The van der Waals surface area contributed by atoms with E-state index in [0.717, 1.165) is 37.0 Å². The molecule has 1 aromatic rings. The van der Waals surface area contributed by atoms with Crippen molar-refractivity contribution in [1.29, 1.82) is 0 Å². The average molecular weight is 348 g/mol.